The van der Waals surface area contributed by atoms with Crippen molar-refractivity contribution in [1.29, 1.82) is 0 Å². The Morgan fingerprint density at radius 3 is 2.60 bits per heavy atom. The minimum atomic E-state index is -3.51. The molecule has 108 valence electrons. The van der Waals surface area contributed by atoms with Gasteiger partial charge in [0.15, 0.2) is 9.84 Å². The van der Waals surface area contributed by atoms with E-state index in [1.165, 1.54) is 18.2 Å². The van der Waals surface area contributed by atoms with Crippen LogP contribution < -0.4 is 10.6 Å². The molecule has 1 aliphatic rings. The van der Waals surface area contributed by atoms with Crippen molar-refractivity contribution in [3.63, 3.8) is 0 Å². The molecule has 0 aromatic heterocycles. The van der Waals surface area contributed by atoms with Crippen LogP contribution in [0.2, 0.25) is 0 Å². The fraction of sp³-hybridized carbons (Fsp3) is 0.333. The quantitative estimate of drug-likeness (QED) is 0.628. The maximum absolute atomic E-state index is 12.0. The van der Waals surface area contributed by atoms with E-state index < -0.39 is 33.7 Å². The Bertz CT molecular complexity index is 656. The van der Waals surface area contributed by atoms with E-state index in [1.54, 1.807) is 6.07 Å². The number of nitrogens with one attached hydrogen (secondary N) is 2. The molecule has 1 aromatic rings. The van der Waals surface area contributed by atoms with Gasteiger partial charge in [-0.2, -0.15) is 0 Å². The van der Waals surface area contributed by atoms with E-state index in [2.05, 4.69) is 10.6 Å². The second kappa shape index (κ2) is 5.22. The predicted molar refractivity (Wildman–Crippen MR) is 70.7 cm³/mol. The minimum absolute atomic E-state index is 0.00461. The lowest BCUT2D eigenvalue weighted by Gasteiger charge is -2.14. The van der Waals surface area contributed by atoms with Crippen LogP contribution in [0, 0.1) is 5.92 Å². The Kier molecular flexibility index (Phi) is 3.78. The minimum Gasteiger partial charge on any atom is -0.390 e. The number of amides is 2. The van der Waals surface area contributed by atoms with Crippen molar-refractivity contribution in [3.05, 3.63) is 24.3 Å². The summed E-state index contributed by atoms with van der Waals surface area (Å²) in [5.41, 5.74) is 0.0897. The van der Waals surface area contributed by atoms with Crippen molar-refractivity contribution in [2.45, 2.75) is 11.0 Å². The Labute approximate surface area is 115 Å². The molecular formula is C12H14N2O5S. The molecule has 1 saturated heterocycles. The number of hydrogen-bond donors (Lipinski definition) is 3. The third-order valence-corrected chi connectivity index (χ3v) is 4.13. The van der Waals surface area contributed by atoms with E-state index in [0.29, 0.717) is 0 Å². The topological polar surface area (TPSA) is 113 Å². The Hall–Kier alpha value is -1.93. The SMILES string of the molecule is CS(=O)(=O)c1ccccc1NC(=O)C1C(=O)NCC1O. The van der Waals surface area contributed by atoms with Crippen LogP contribution in [-0.2, 0) is 19.4 Å². The van der Waals surface area contributed by atoms with Gasteiger partial charge in [0.1, 0.15) is 5.92 Å². The maximum Gasteiger partial charge on any atom is 0.239 e. The van der Waals surface area contributed by atoms with Crippen LogP contribution in [0.1, 0.15) is 0 Å². The molecule has 0 spiro atoms. The van der Waals surface area contributed by atoms with Crippen molar-refractivity contribution < 1.29 is 23.1 Å². The van der Waals surface area contributed by atoms with Gasteiger partial charge >= 0.3 is 0 Å². The summed E-state index contributed by atoms with van der Waals surface area (Å²) < 4.78 is 23.2. The zero-order valence-corrected chi connectivity index (χ0v) is 11.5. The second-order valence-corrected chi connectivity index (χ2v) is 6.53. The number of β-amino-alcohol motifs (C(OH)–C–C–N with tert-alkyl or cyclic N) is 1. The molecular weight excluding hydrogens is 284 g/mol. The molecule has 1 fully saturated rings. The lowest BCUT2D eigenvalue weighted by molar-refractivity contribution is -0.132. The average Bonchev–Trinajstić information content (AvgIpc) is 2.68. The lowest BCUT2D eigenvalue weighted by Crippen LogP contribution is -2.35. The third kappa shape index (κ3) is 2.81. The van der Waals surface area contributed by atoms with Crippen LogP contribution in [0.3, 0.4) is 0 Å². The summed E-state index contributed by atoms with van der Waals surface area (Å²) in [7, 11) is -3.51. The average molecular weight is 298 g/mol. The maximum atomic E-state index is 12.0. The van der Waals surface area contributed by atoms with Crippen LogP contribution >= 0.6 is 0 Å². The molecule has 3 N–H and O–H groups in total. The van der Waals surface area contributed by atoms with Crippen LogP contribution in [0.15, 0.2) is 29.2 Å². The zero-order valence-electron chi connectivity index (χ0n) is 10.7. The first-order chi connectivity index (χ1) is 9.30. The molecule has 2 rings (SSSR count). The van der Waals surface area contributed by atoms with E-state index in [-0.39, 0.29) is 17.1 Å². The summed E-state index contributed by atoms with van der Waals surface area (Å²) in [6, 6.07) is 5.88. The van der Waals surface area contributed by atoms with Crippen LogP contribution in [0.5, 0.6) is 0 Å². The van der Waals surface area contributed by atoms with Crippen LogP contribution in [0.25, 0.3) is 0 Å². The molecule has 0 bridgehead atoms. The summed E-state index contributed by atoms with van der Waals surface area (Å²) in [5, 5.41) is 14.3. The summed E-state index contributed by atoms with van der Waals surface area (Å²) in [5.74, 6) is -2.54. The number of carbonyl (C=O) groups excluding carboxylic acids is 2. The monoisotopic (exact) mass is 298 g/mol. The molecule has 7 nitrogen and oxygen atoms in total. The number of hydrogen-bond acceptors (Lipinski definition) is 5. The molecule has 1 heterocycles. The lowest BCUT2D eigenvalue weighted by atomic mass is 10.0. The zero-order chi connectivity index (χ0) is 14.9. The van der Waals surface area contributed by atoms with Crippen molar-refractivity contribution >= 4 is 27.3 Å². The number of rotatable bonds is 3. The smallest absolute Gasteiger partial charge is 0.239 e. The number of benzene rings is 1. The highest BCUT2D eigenvalue weighted by Gasteiger charge is 2.39. The first-order valence-corrected chi connectivity index (χ1v) is 7.75. The van der Waals surface area contributed by atoms with Crippen LogP contribution in [0.4, 0.5) is 5.69 Å². The van der Waals surface area contributed by atoms with E-state index in [1.807, 2.05) is 0 Å². The number of anilines is 1. The predicted octanol–water partition coefficient (Wildman–Crippen LogP) is -0.864. The highest BCUT2D eigenvalue weighted by Crippen LogP contribution is 2.22. The van der Waals surface area contributed by atoms with E-state index in [9.17, 15) is 23.1 Å². The van der Waals surface area contributed by atoms with Crippen LogP contribution in [-0.4, -0.2) is 44.2 Å². The fourth-order valence-corrected chi connectivity index (χ4v) is 2.85. The Morgan fingerprint density at radius 1 is 1.40 bits per heavy atom. The molecule has 2 atom stereocenters. The van der Waals surface area contributed by atoms with Crippen molar-refractivity contribution in [3.8, 4) is 0 Å². The highest BCUT2D eigenvalue weighted by molar-refractivity contribution is 7.90. The van der Waals surface area contributed by atoms with E-state index >= 15 is 0 Å². The van der Waals surface area contributed by atoms with E-state index in [0.717, 1.165) is 6.26 Å². The van der Waals surface area contributed by atoms with Crippen molar-refractivity contribution in [2.75, 3.05) is 18.1 Å². The fourth-order valence-electron chi connectivity index (χ4n) is 2.01. The largest absolute Gasteiger partial charge is 0.390 e. The summed E-state index contributed by atoms with van der Waals surface area (Å²) in [6.45, 7) is 0.00461. The summed E-state index contributed by atoms with van der Waals surface area (Å²) >= 11 is 0. The molecule has 0 aliphatic carbocycles. The van der Waals surface area contributed by atoms with E-state index in [4.69, 9.17) is 0 Å². The molecule has 1 aliphatic heterocycles. The first-order valence-electron chi connectivity index (χ1n) is 5.86. The van der Waals surface area contributed by atoms with Gasteiger partial charge in [-0.15, -0.1) is 0 Å². The summed E-state index contributed by atoms with van der Waals surface area (Å²) in [6.07, 6.45) is -0.0948. The van der Waals surface area contributed by atoms with Gasteiger partial charge in [-0.05, 0) is 12.1 Å². The third-order valence-electron chi connectivity index (χ3n) is 2.98. The van der Waals surface area contributed by atoms with Gasteiger partial charge in [0.05, 0.1) is 16.7 Å². The normalized spacial score (nSPS) is 22.4. The molecule has 20 heavy (non-hydrogen) atoms. The van der Waals surface area contributed by atoms with Crippen molar-refractivity contribution in [2.24, 2.45) is 5.92 Å². The molecule has 8 heteroatoms. The van der Waals surface area contributed by atoms with Gasteiger partial charge < -0.3 is 15.7 Å². The van der Waals surface area contributed by atoms with Gasteiger partial charge in [-0.25, -0.2) is 8.42 Å². The highest BCUT2D eigenvalue weighted by atomic mass is 32.2. The van der Waals surface area contributed by atoms with Gasteiger partial charge in [0.25, 0.3) is 0 Å². The van der Waals surface area contributed by atoms with Gasteiger partial charge in [0, 0.05) is 12.8 Å². The molecule has 0 saturated carbocycles. The van der Waals surface area contributed by atoms with Gasteiger partial charge in [0.2, 0.25) is 11.8 Å². The number of aliphatic hydroxyl groups is 1. The molecule has 0 radical (unpaired) electrons. The number of carbonyl (C=O) groups is 2. The number of aliphatic hydroxyl groups excluding tert-OH is 1. The summed E-state index contributed by atoms with van der Waals surface area (Å²) in [4.78, 5) is 23.4. The standard InChI is InChI=1S/C12H14N2O5S/c1-20(18,19)9-5-3-2-4-7(9)14-12(17)10-8(15)6-13-11(10)16/h2-5,8,10,15H,6H2,1H3,(H,13,16)(H,14,17). The van der Waals surface area contributed by atoms with Crippen molar-refractivity contribution in [1.82, 2.24) is 5.32 Å². The number of sulfone groups is 1. The Morgan fingerprint density at radius 2 is 2.05 bits per heavy atom. The molecule has 2 amide bonds. The van der Waals surface area contributed by atoms with Gasteiger partial charge in [-0.1, -0.05) is 12.1 Å². The van der Waals surface area contributed by atoms with Gasteiger partial charge in [-0.3, -0.25) is 9.59 Å². The number of para-hydroxylation sites is 1. The molecule has 1 aromatic carbocycles. The Balaban J connectivity index is 2.27. The second-order valence-electron chi connectivity index (χ2n) is 4.55. The molecule has 2 unspecified atom stereocenters. The first kappa shape index (κ1) is 14.5.